The van der Waals surface area contributed by atoms with Crippen molar-refractivity contribution < 1.29 is 22.7 Å². The lowest BCUT2D eigenvalue weighted by atomic mass is 10.1. The Morgan fingerprint density at radius 2 is 1.97 bits per heavy atom. The van der Waals surface area contributed by atoms with Gasteiger partial charge in [0, 0.05) is 18.0 Å². The Hall–Kier alpha value is -3.11. The number of amides is 1. The van der Waals surface area contributed by atoms with E-state index in [1.807, 2.05) is 6.07 Å². The average Bonchev–Trinajstić information content (AvgIpc) is 3.18. The minimum atomic E-state index is -3.77. The van der Waals surface area contributed by atoms with Gasteiger partial charge in [0.15, 0.2) is 11.7 Å². The van der Waals surface area contributed by atoms with Crippen LogP contribution in [0.4, 0.5) is 10.8 Å². The van der Waals surface area contributed by atoms with Gasteiger partial charge >= 0.3 is 0 Å². The zero-order valence-electron chi connectivity index (χ0n) is 15.6. The largest absolute Gasteiger partial charge is 0.497 e. The molecule has 2 heterocycles. The molecule has 1 N–H and O–H groups in total. The highest BCUT2D eigenvalue weighted by molar-refractivity contribution is 7.93. The fourth-order valence-electron chi connectivity index (χ4n) is 2.81. The number of nitrogens with one attached hydrogen (secondary N) is 1. The third-order valence-corrected chi connectivity index (χ3v) is 6.68. The lowest BCUT2D eigenvalue weighted by Gasteiger charge is -2.26. The van der Waals surface area contributed by atoms with E-state index in [-0.39, 0.29) is 22.5 Å². The number of carbonyl (C=O) groups is 1. The number of hydrogen-bond donors (Lipinski definition) is 1. The minimum absolute atomic E-state index is 0.0107. The van der Waals surface area contributed by atoms with Crippen LogP contribution in [0.15, 0.2) is 52.7 Å². The molecule has 1 aliphatic heterocycles. The monoisotopic (exact) mass is 431 g/mol. The molecule has 0 saturated heterocycles. The number of nitrogens with zero attached hydrogens (tertiary/aromatic N) is 2. The molecule has 3 aromatic rings. The number of ether oxygens (including phenoxy) is 2. The zero-order valence-corrected chi connectivity index (χ0v) is 17.2. The third-order valence-electron chi connectivity index (χ3n) is 4.44. The summed E-state index contributed by atoms with van der Waals surface area (Å²) in [6, 6.07) is 11.5. The maximum Gasteiger partial charge on any atom is 0.264 e. The highest BCUT2D eigenvalue weighted by atomic mass is 32.2. The molecule has 0 aliphatic carbocycles. The van der Waals surface area contributed by atoms with Crippen LogP contribution in [-0.2, 0) is 14.8 Å². The molecule has 4 rings (SSSR count). The van der Waals surface area contributed by atoms with Crippen LogP contribution in [0.2, 0.25) is 0 Å². The summed E-state index contributed by atoms with van der Waals surface area (Å²) in [5.41, 5.74) is 1.99. The minimum Gasteiger partial charge on any atom is -0.497 e. The second-order valence-electron chi connectivity index (χ2n) is 6.24. The van der Waals surface area contributed by atoms with Gasteiger partial charge in [-0.15, -0.1) is 11.3 Å². The van der Waals surface area contributed by atoms with Crippen LogP contribution >= 0.6 is 11.3 Å². The van der Waals surface area contributed by atoms with Crippen molar-refractivity contribution in [2.24, 2.45) is 0 Å². The first kappa shape index (κ1) is 19.2. The highest BCUT2D eigenvalue weighted by Crippen LogP contribution is 2.36. The van der Waals surface area contributed by atoms with E-state index in [2.05, 4.69) is 9.71 Å². The van der Waals surface area contributed by atoms with E-state index in [1.165, 1.54) is 35.5 Å². The summed E-state index contributed by atoms with van der Waals surface area (Å²) in [5.74, 6) is 1.05. The Kier molecular flexibility index (Phi) is 4.89. The molecule has 150 valence electrons. The molecule has 1 amide bonds. The van der Waals surface area contributed by atoms with E-state index in [9.17, 15) is 13.2 Å². The Labute approximate surface area is 171 Å². The van der Waals surface area contributed by atoms with Crippen molar-refractivity contribution in [3.63, 3.8) is 0 Å². The fraction of sp³-hybridized carbons (Fsp3) is 0.158. The number of rotatable bonds is 5. The lowest BCUT2D eigenvalue weighted by Crippen LogP contribution is -2.35. The van der Waals surface area contributed by atoms with E-state index < -0.39 is 10.0 Å². The zero-order chi connectivity index (χ0) is 20.6. The van der Waals surface area contributed by atoms with Crippen molar-refractivity contribution in [3.8, 4) is 22.8 Å². The van der Waals surface area contributed by atoms with Gasteiger partial charge in [0.25, 0.3) is 15.9 Å². The van der Waals surface area contributed by atoms with Gasteiger partial charge < -0.3 is 14.4 Å². The van der Waals surface area contributed by atoms with Crippen molar-refractivity contribution in [1.82, 2.24) is 4.98 Å². The molecule has 1 aromatic heterocycles. The van der Waals surface area contributed by atoms with Gasteiger partial charge in [-0.3, -0.25) is 9.52 Å². The van der Waals surface area contributed by atoms with E-state index >= 15 is 0 Å². The Morgan fingerprint density at radius 1 is 1.21 bits per heavy atom. The SMILES string of the molecule is COc1ccc(S(=O)(=O)Nc2nc(-c3ccc4c(c3)N(C)C(=O)CO4)cs2)cc1. The molecule has 29 heavy (non-hydrogen) atoms. The number of anilines is 2. The van der Waals surface area contributed by atoms with Crippen LogP contribution in [0.3, 0.4) is 0 Å². The van der Waals surface area contributed by atoms with Crippen molar-refractivity contribution in [2.75, 3.05) is 30.4 Å². The maximum atomic E-state index is 12.6. The fourth-order valence-corrected chi connectivity index (χ4v) is 4.79. The summed E-state index contributed by atoms with van der Waals surface area (Å²) < 4.78 is 38.1. The first-order valence-electron chi connectivity index (χ1n) is 8.53. The molecular weight excluding hydrogens is 414 g/mol. The number of sulfonamides is 1. The molecule has 0 saturated carbocycles. The summed E-state index contributed by atoms with van der Waals surface area (Å²) in [4.78, 5) is 17.9. The highest BCUT2D eigenvalue weighted by Gasteiger charge is 2.23. The standard InChI is InChI=1S/C19H17N3O5S2/c1-22-16-9-12(3-8-17(16)27-10-18(22)23)15-11-28-19(20-15)21-29(24,25)14-6-4-13(26-2)5-7-14/h3-9,11H,10H2,1-2H3,(H,20,21). The van der Waals surface area contributed by atoms with Gasteiger partial charge in [-0.2, -0.15) is 0 Å². The predicted molar refractivity (Wildman–Crippen MR) is 110 cm³/mol. The van der Waals surface area contributed by atoms with E-state index in [1.54, 1.807) is 36.7 Å². The molecule has 1 aliphatic rings. The Balaban J connectivity index is 1.58. The third kappa shape index (κ3) is 3.76. The average molecular weight is 431 g/mol. The molecule has 0 unspecified atom stereocenters. The topological polar surface area (TPSA) is 97.8 Å². The number of benzene rings is 2. The van der Waals surface area contributed by atoms with E-state index in [4.69, 9.17) is 9.47 Å². The van der Waals surface area contributed by atoms with Crippen molar-refractivity contribution >= 4 is 38.1 Å². The van der Waals surface area contributed by atoms with Crippen LogP contribution in [0.1, 0.15) is 0 Å². The Morgan fingerprint density at radius 3 is 2.69 bits per heavy atom. The molecule has 0 bridgehead atoms. The van der Waals surface area contributed by atoms with Crippen molar-refractivity contribution in [1.29, 1.82) is 0 Å². The number of hydrogen-bond acceptors (Lipinski definition) is 7. The Bertz CT molecular complexity index is 1170. The number of carbonyl (C=O) groups excluding carboxylic acids is 1. The second-order valence-corrected chi connectivity index (χ2v) is 8.78. The molecule has 0 spiro atoms. The van der Waals surface area contributed by atoms with Crippen LogP contribution in [0.25, 0.3) is 11.3 Å². The molecule has 8 nitrogen and oxygen atoms in total. The van der Waals surface area contributed by atoms with Gasteiger partial charge in [0.2, 0.25) is 0 Å². The van der Waals surface area contributed by atoms with Crippen LogP contribution in [-0.4, -0.2) is 40.1 Å². The quantitative estimate of drug-likeness (QED) is 0.667. The first-order valence-corrected chi connectivity index (χ1v) is 10.9. The van der Waals surface area contributed by atoms with Gasteiger partial charge in [0.05, 0.1) is 23.4 Å². The number of fused-ring (bicyclic) bond motifs is 1. The molecule has 0 radical (unpaired) electrons. The van der Waals surface area contributed by atoms with E-state index in [0.29, 0.717) is 22.9 Å². The van der Waals surface area contributed by atoms with Crippen LogP contribution < -0.4 is 19.1 Å². The van der Waals surface area contributed by atoms with E-state index in [0.717, 1.165) is 5.56 Å². The predicted octanol–water partition coefficient (Wildman–Crippen LogP) is 2.97. The maximum absolute atomic E-state index is 12.6. The molecule has 0 fully saturated rings. The summed E-state index contributed by atoms with van der Waals surface area (Å²) in [5, 5.41) is 1.99. The summed E-state index contributed by atoms with van der Waals surface area (Å²) in [7, 11) is -0.571. The van der Waals surface area contributed by atoms with Gasteiger partial charge in [-0.1, -0.05) is 0 Å². The number of thiazole rings is 1. The second kappa shape index (κ2) is 7.37. The van der Waals surface area contributed by atoms with Crippen LogP contribution in [0, 0.1) is 0 Å². The molecular formula is C19H17N3O5S2. The summed E-state index contributed by atoms with van der Waals surface area (Å²) >= 11 is 1.17. The number of methoxy groups -OCH3 is 1. The summed E-state index contributed by atoms with van der Waals surface area (Å²) in [6.45, 7) is 0.0107. The summed E-state index contributed by atoms with van der Waals surface area (Å²) in [6.07, 6.45) is 0. The van der Waals surface area contributed by atoms with Gasteiger partial charge in [0.1, 0.15) is 11.5 Å². The lowest BCUT2D eigenvalue weighted by molar-refractivity contribution is -0.120. The van der Waals surface area contributed by atoms with Gasteiger partial charge in [-0.05, 0) is 42.5 Å². The van der Waals surface area contributed by atoms with Crippen molar-refractivity contribution in [3.05, 3.63) is 47.8 Å². The first-order chi connectivity index (χ1) is 13.9. The normalized spacial score (nSPS) is 13.6. The number of aromatic nitrogens is 1. The smallest absolute Gasteiger partial charge is 0.264 e. The number of likely N-dealkylation sites (N-methyl/N-ethyl adjacent to an activating group) is 1. The molecule has 10 heteroatoms. The van der Waals surface area contributed by atoms with Crippen molar-refractivity contribution in [2.45, 2.75) is 4.90 Å². The molecule has 0 atom stereocenters. The molecule has 2 aromatic carbocycles. The van der Waals surface area contributed by atoms with Crippen LogP contribution in [0.5, 0.6) is 11.5 Å². The van der Waals surface area contributed by atoms with Gasteiger partial charge in [-0.25, -0.2) is 13.4 Å².